The third-order valence-corrected chi connectivity index (χ3v) is 5.47. The van der Waals surface area contributed by atoms with Crippen LogP contribution in [-0.2, 0) is 14.6 Å². The van der Waals surface area contributed by atoms with E-state index in [1.165, 1.54) is 0 Å². The van der Waals surface area contributed by atoms with Crippen LogP contribution >= 0.6 is 0 Å². The summed E-state index contributed by atoms with van der Waals surface area (Å²) in [4.78, 5) is 14.0. The van der Waals surface area contributed by atoms with Gasteiger partial charge in [-0.15, -0.1) is 0 Å². The van der Waals surface area contributed by atoms with E-state index in [0.29, 0.717) is 12.2 Å². The van der Waals surface area contributed by atoms with Crippen molar-refractivity contribution in [2.75, 3.05) is 35.6 Å². The van der Waals surface area contributed by atoms with Crippen LogP contribution in [0.2, 0.25) is 0 Å². The van der Waals surface area contributed by atoms with Gasteiger partial charge in [0.25, 0.3) is 0 Å². The summed E-state index contributed by atoms with van der Waals surface area (Å²) in [7, 11) is -2.96. The van der Waals surface area contributed by atoms with Gasteiger partial charge < -0.3 is 11.1 Å². The van der Waals surface area contributed by atoms with Crippen LogP contribution in [0.5, 0.6) is 0 Å². The first-order valence-corrected chi connectivity index (χ1v) is 8.69. The summed E-state index contributed by atoms with van der Waals surface area (Å²) < 4.78 is 23.0. The largest absolute Gasteiger partial charge is 0.399 e. The van der Waals surface area contributed by atoms with Crippen LogP contribution in [0.1, 0.15) is 12.5 Å². The predicted molar refractivity (Wildman–Crippen MR) is 83.9 cm³/mol. The molecule has 0 aromatic heterocycles. The van der Waals surface area contributed by atoms with Crippen molar-refractivity contribution < 1.29 is 13.2 Å². The van der Waals surface area contributed by atoms with Crippen molar-refractivity contribution in [1.29, 1.82) is 0 Å². The van der Waals surface area contributed by atoms with E-state index in [1.807, 2.05) is 18.7 Å². The standard InChI is InChI=1S/C14H21N3O3S/c1-10-7-12(15)3-4-13(10)16-14(18)8-17-5-6-21(19,20)9-11(17)2/h3-4,7,11H,5-6,8-9,15H2,1-2H3,(H,16,18). The zero-order chi connectivity index (χ0) is 15.6. The quantitative estimate of drug-likeness (QED) is 0.799. The summed E-state index contributed by atoms with van der Waals surface area (Å²) in [5, 5.41) is 2.84. The summed E-state index contributed by atoms with van der Waals surface area (Å²) in [6, 6.07) is 5.17. The van der Waals surface area contributed by atoms with Gasteiger partial charge in [-0.3, -0.25) is 9.69 Å². The molecule has 0 bridgehead atoms. The van der Waals surface area contributed by atoms with Crippen LogP contribution < -0.4 is 11.1 Å². The molecule has 1 aromatic carbocycles. The van der Waals surface area contributed by atoms with Gasteiger partial charge in [-0.1, -0.05) is 0 Å². The van der Waals surface area contributed by atoms with Crippen LogP contribution in [0.15, 0.2) is 18.2 Å². The highest BCUT2D eigenvalue weighted by molar-refractivity contribution is 7.91. The Balaban J connectivity index is 1.96. The van der Waals surface area contributed by atoms with Crippen LogP contribution in [0.3, 0.4) is 0 Å². The minimum Gasteiger partial charge on any atom is -0.399 e. The molecule has 0 aliphatic carbocycles. The molecule has 1 atom stereocenters. The lowest BCUT2D eigenvalue weighted by Gasteiger charge is -2.32. The van der Waals surface area contributed by atoms with Gasteiger partial charge in [0.2, 0.25) is 5.91 Å². The maximum absolute atomic E-state index is 12.1. The van der Waals surface area contributed by atoms with E-state index in [2.05, 4.69) is 5.32 Å². The summed E-state index contributed by atoms with van der Waals surface area (Å²) in [6.45, 7) is 4.30. The minimum atomic E-state index is -2.96. The molecule has 0 saturated carbocycles. The number of benzene rings is 1. The predicted octanol–water partition coefficient (Wildman–Crippen LogP) is 0.635. The number of anilines is 2. The first kappa shape index (κ1) is 15.8. The lowest BCUT2D eigenvalue weighted by atomic mass is 10.2. The maximum atomic E-state index is 12.1. The van der Waals surface area contributed by atoms with Gasteiger partial charge in [-0.25, -0.2) is 8.42 Å². The molecule has 1 aliphatic heterocycles. The van der Waals surface area contributed by atoms with Crippen molar-refractivity contribution in [1.82, 2.24) is 4.90 Å². The number of nitrogens with zero attached hydrogens (tertiary/aromatic N) is 1. The van der Waals surface area contributed by atoms with Crippen molar-refractivity contribution >= 4 is 27.1 Å². The number of sulfone groups is 1. The van der Waals surface area contributed by atoms with Crippen LogP contribution in [0.25, 0.3) is 0 Å². The molecular weight excluding hydrogens is 290 g/mol. The smallest absolute Gasteiger partial charge is 0.238 e. The van der Waals surface area contributed by atoms with E-state index in [-0.39, 0.29) is 30.0 Å². The summed E-state index contributed by atoms with van der Waals surface area (Å²) >= 11 is 0. The molecule has 0 radical (unpaired) electrons. The van der Waals surface area contributed by atoms with Gasteiger partial charge in [-0.05, 0) is 37.6 Å². The Labute approximate surface area is 125 Å². The molecule has 1 unspecified atom stereocenters. The Kier molecular flexibility index (Phi) is 4.53. The summed E-state index contributed by atoms with van der Waals surface area (Å²) in [6.07, 6.45) is 0. The number of nitrogens with one attached hydrogen (secondary N) is 1. The van der Waals surface area contributed by atoms with Gasteiger partial charge in [0.15, 0.2) is 9.84 Å². The number of hydrogen-bond donors (Lipinski definition) is 2. The van der Waals surface area contributed by atoms with Crippen molar-refractivity contribution in [2.45, 2.75) is 19.9 Å². The molecule has 0 spiro atoms. The Bertz CT molecular complexity index is 643. The number of nitrogen functional groups attached to an aromatic ring is 1. The highest BCUT2D eigenvalue weighted by Gasteiger charge is 2.29. The second-order valence-electron chi connectivity index (χ2n) is 5.56. The number of carbonyl (C=O) groups excluding carboxylic acids is 1. The Hall–Kier alpha value is -1.60. The fourth-order valence-electron chi connectivity index (χ4n) is 2.47. The van der Waals surface area contributed by atoms with E-state index < -0.39 is 9.84 Å². The van der Waals surface area contributed by atoms with Gasteiger partial charge in [0.05, 0.1) is 18.1 Å². The molecule has 3 N–H and O–H groups in total. The van der Waals surface area contributed by atoms with Crippen LogP contribution in [-0.4, -0.2) is 49.9 Å². The number of hydrogen-bond acceptors (Lipinski definition) is 5. The highest BCUT2D eigenvalue weighted by atomic mass is 32.2. The lowest BCUT2D eigenvalue weighted by Crippen LogP contribution is -2.49. The number of aryl methyl sites for hydroxylation is 1. The third kappa shape index (κ3) is 4.18. The maximum Gasteiger partial charge on any atom is 0.238 e. The molecule has 1 amide bonds. The van der Waals surface area contributed by atoms with Crippen molar-refractivity contribution in [3.8, 4) is 0 Å². The SMILES string of the molecule is Cc1cc(N)ccc1NC(=O)CN1CCS(=O)(=O)CC1C. The fraction of sp³-hybridized carbons (Fsp3) is 0.500. The number of amides is 1. The van der Waals surface area contributed by atoms with E-state index in [1.54, 1.807) is 18.2 Å². The first-order chi connectivity index (χ1) is 9.77. The Morgan fingerprint density at radius 3 is 2.81 bits per heavy atom. The van der Waals surface area contributed by atoms with Crippen molar-refractivity contribution in [3.05, 3.63) is 23.8 Å². The molecule has 21 heavy (non-hydrogen) atoms. The first-order valence-electron chi connectivity index (χ1n) is 6.87. The summed E-state index contributed by atoms with van der Waals surface area (Å²) in [5.74, 6) is 0.0844. The molecule has 1 saturated heterocycles. The van der Waals surface area contributed by atoms with E-state index in [9.17, 15) is 13.2 Å². The van der Waals surface area contributed by atoms with Gasteiger partial charge in [-0.2, -0.15) is 0 Å². The van der Waals surface area contributed by atoms with Crippen LogP contribution in [0, 0.1) is 6.92 Å². The van der Waals surface area contributed by atoms with Gasteiger partial charge in [0.1, 0.15) is 0 Å². The number of nitrogens with two attached hydrogens (primary N) is 1. The molecular formula is C14H21N3O3S. The minimum absolute atomic E-state index is 0.112. The Morgan fingerprint density at radius 1 is 1.48 bits per heavy atom. The molecule has 1 aromatic rings. The second-order valence-corrected chi connectivity index (χ2v) is 7.79. The Morgan fingerprint density at radius 2 is 2.19 bits per heavy atom. The molecule has 116 valence electrons. The third-order valence-electron chi connectivity index (χ3n) is 3.68. The fourth-order valence-corrected chi connectivity index (χ4v) is 4.09. The van der Waals surface area contributed by atoms with Gasteiger partial charge >= 0.3 is 0 Å². The topological polar surface area (TPSA) is 92.5 Å². The van der Waals surface area contributed by atoms with E-state index in [0.717, 1.165) is 11.3 Å². The molecule has 2 rings (SSSR count). The molecule has 1 heterocycles. The monoisotopic (exact) mass is 311 g/mol. The zero-order valence-corrected chi connectivity index (χ0v) is 13.1. The number of carbonyl (C=O) groups is 1. The molecule has 1 aliphatic rings. The molecule has 7 heteroatoms. The van der Waals surface area contributed by atoms with Crippen molar-refractivity contribution in [2.24, 2.45) is 0 Å². The average Bonchev–Trinajstić information content (AvgIpc) is 2.36. The van der Waals surface area contributed by atoms with Crippen molar-refractivity contribution in [3.63, 3.8) is 0 Å². The van der Waals surface area contributed by atoms with Gasteiger partial charge in [0, 0.05) is 24.0 Å². The van der Waals surface area contributed by atoms with E-state index in [4.69, 9.17) is 5.73 Å². The highest BCUT2D eigenvalue weighted by Crippen LogP contribution is 2.18. The normalized spacial score (nSPS) is 21.9. The number of rotatable bonds is 3. The average molecular weight is 311 g/mol. The van der Waals surface area contributed by atoms with E-state index >= 15 is 0 Å². The zero-order valence-electron chi connectivity index (χ0n) is 12.3. The lowest BCUT2D eigenvalue weighted by molar-refractivity contribution is -0.117. The summed E-state index contributed by atoms with van der Waals surface area (Å²) in [5.41, 5.74) is 7.96. The molecule has 1 fully saturated rings. The molecule has 6 nitrogen and oxygen atoms in total. The van der Waals surface area contributed by atoms with Crippen LogP contribution in [0.4, 0.5) is 11.4 Å². The second kappa shape index (κ2) is 6.03.